The molecule has 0 bridgehead atoms. The maximum Gasteiger partial charge on any atom is 0.274 e. The van der Waals surface area contributed by atoms with Crippen molar-refractivity contribution in [2.75, 3.05) is 34.4 Å². The first-order valence-electron chi connectivity index (χ1n) is 12.0. The fourth-order valence-corrected chi connectivity index (χ4v) is 5.14. The van der Waals surface area contributed by atoms with Crippen molar-refractivity contribution in [2.24, 2.45) is 5.92 Å². The lowest BCUT2D eigenvalue weighted by Crippen LogP contribution is -2.35. The molecule has 6 nitrogen and oxygen atoms in total. The van der Waals surface area contributed by atoms with Crippen molar-refractivity contribution in [1.82, 2.24) is 9.88 Å². The van der Waals surface area contributed by atoms with Crippen molar-refractivity contribution in [3.8, 4) is 27.7 Å². The van der Waals surface area contributed by atoms with Crippen LogP contribution in [0.3, 0.4) is 0 Å². The van der Waals surface area contributed by atoms with E-state index >= 15 is 0 Å². The number of aryl methyl sites for hydroxylation is 3. The average Bonchev–Trinajstić information content (AvgIpc) is 3.60. The molecule has 0 unspecified atom stereocenters. The van der Waals surface area contributed by atoms with E-state index in [2.05, 4.69) is 32.0 Å². The molecule has 0 aliphatic heterocycles. The molecule has 1 amide bonds. The highest BCUT2D eigenvalue weighted by Crippen LogP contribution is 2.39. The summed E-state index contributed by atoms with van der Waals surface area (Å²) in [5, 5.41) is 0.901. The minimum Gasteiger partial charge on any atom is -0.493 e. The highest BCUT2D eigenvalue weighted by atomic mass is 32.1. The molecule has 0 atom stereocenters. The molecular weight excluding hydrogens is 460 g/mol. The molecule has 0 saturated heterocycles. The molecule has 1 fully saturated rings. The number of thiazole rings is 1. The zero-order valence-electron chi connectivity index (χ0n) is 21.4. The van der Waals surface area contributed by atoms with Crippen LogP contribution >= 0.6 is 11.3 Å². The van der Waals surface area contributed by atoms with Gasteiger partial charge in [0.15, 0.2) is 11.5 Å². The average molecular weight is 495 g/mol. The van der Waals surface area contributed by atoms with Gasteiger partial charge in [-0.1, -0.05) is 18.2 Å². The van der Waals surface area contributed by atoms with E-state index < -0.39 is 0 Å². The van der Waals surface area contributed by atoms with E-state index in [1.54, 1.807) is 32.7 Å². The Kier molecular flexibility index (Phi) is 7.65. The van der Waals surface area contributed by atoms with Crippen LogP contribution in [0.25, 0.3) is 10.4 Å². The lowest BCUT2D eigenvalue weighted by atomic mass is 10.0. The smallest absolute Gasteiger partial charge is 0.274 e. The fourth-order valence-electron chi connectivity index (χ4n) is 4.23. The molecule has 1 aliphatic rings. The Hall–Kier alpha value is -3.06. The van der Waals surface area contributed by atoms with Crippen LogP contribution in [0, 0.1) is 26.7 Å². The number of benzene rings is 2. The Bertz CT molecular complexity index is 1190. The third-order valence-electron chi connectivity index (χ3n) is 6.56. The van der Waals surface area contributed by atoms with Gasteiger partial charge in [0, 0.05) is 13.1 Å². The van der Waals surface area contributed by atoms with Crippen LogP contribution in [-0.4, -0.2) is 50.2 Å². The molecule has 1 heterocycles. The second-order valence-electron chi connectivity index (χ2n) is 9.19. The Labute approximate surface area is 211 Å². The van der Waals surface area contributed by atoms with E-state index in [0.717, 1.165) is 27.6 Å². The number of nitrogens with zero attached hydrogens (tertiary/aromatic N) is 2. The summed E-state index contributed by atoms with van der Waals surface area (Å²) < 4.78 is 16.5. The van der Waals surface area contributed by atoms with Gasteiger partial charge in [-0.15, -0.1) is 11.3 Å². The Morgan fingerprint density at radius 2 is 1.69 bits per heavy atom. The summed E-state index contributed by atoms with van der Waals surface area (Å²) in [7, 11) is 4.82. The molecule has 0 radical (unpaired) electrons. The van der Waals surface area contributed by atoms with Crippen LogP contribution in [0.2, 0.25) is 0 Å². The molecule has 35 heavy (non-hydrogen) atoms. The molecular formula is C28H34N2O4S. The summed E-state index contributed by atoms with van der Waals surface area (Å²) in [6.07, 6.45) is 3.03. The highest BCUT2D eigenvalue weighted by molar-refractivity contribution is 7.15. The Morgan fingerprint density at radius 1 is 1.00 bits per heavy atom. The van der Waals surface area contributed by atoms with Crippen LogP contribution in [-0.2, 0) is 6.42 Å². The zero-order valence-corrected chi connectivity index (χ0v) is 22.3. The minimum atomic E-state index is 0.00178. The number of hydrogen-bond acceptors (Lipinski definition) is 6. The summed E-state index contributed by atoms with van der Waals surface area (Å²) in [5.41, 5.74) is 5.09. The van der Waals surface area contributed by atoms with E-state index in [1.807, 2.05) is 24.0 Å². The van der Waals surface area contributed by atoms with Gasteiger partial charge in [0.25, 0.3) is 5.91 Å². The van der Waals surface area contributed by atoms with Gasteiger partial charge < -0.3 is 19.1 Å². The summed E-state index contributed by atoms with van der Waals surface area (Å²) in [6, 6.07) is 10.3. The molecule has 1 saturated carbocycles. The van der Waals surface area contributed by atoms with Crippen LogP contribution in [0.4, 0.5) is 0 Å². The molecule has 3 aromatic rings. The molecule has 4 rings (SSSR count). The Balaban J connectivity index is 1.61. The molecule has 0 N–H and O–H groups in total. The summed E-state index contributed by atoms with van der Waals surface area (Å²) in [6.45, 7) is 7.52. The Morgan fingerprint density at radius 3 is 2.26 bits per heavy atom. The quantitative estimate of drug-likeness (QED) is 0.353. The van der Waals surface area contributed by atoms with Crippen molar-refractivity contribution < 1.29 is 19.0 Å². The molecule has 1 aliphatic carbocycles. The molecule has 2 aromatic carbocycles. The lowest BCUT2D eigenvalue weighted by Gasteiger charge is -2.23. The zero-order chi connectivity index (χ0) is 25.1. The van der Waals surface area contributed by atoms with Crippen LogP contribution in [0.15, 0.2) is 30.3 Å². The van der Waals surface area contributed by atoms with Gasteiger partial charge in [0.1, 0.15) is 5.69 Å². The van der Waals surface area contributed by atoms with Crippen LogP contribution in [0.5, 0.6) is 17.2 Å². The minimum absolute atomic E-state index is 0.00178. The lowest BCUT2D eigenvalue weighted by molar-refractivity contribution is 0.0745. The standard InChI is InChI=1S/C28H34N2O4S/c1-17-7-10-22(13-18(17)2)27-25(29-19(3)35-27)28(31)30(16-20-8-9-20)12-11-21-14-23(32-4)26(34-6)24(15-21)33-5/h7,10,13-15,20H,8-9,11-12,16H2,1-6H3. The summed E-state index contributed by atoms with van der Waals surface area (Å²) in [5.74, 6) is 2.38. The predicted octanol–water partition coefficient (Wildman–Crippen LogP) is 5.86. The monoisotopic (exact) mass is 494 g/mol. The van der Waals surface area contributed by atoms with E-state index in [9.17, 15) is 4.79 Å². The molecule has 0 spiro atoms. The maximum absolute atomic E-state index is 13.8. The van der Waals surface area contributed by atoms with Crippen LogP contribution < -0.4 is 14.2 Å². The second-order valence-corrected chi connectivity index (χ2v) is 10.4. The van der Waals surface area contributed by atoms with Crippen molar-refractivity contribution in [2.45, 2.75) is 40.0 Å². The van der Waals surface area contributed by atoms with Gasteiger partial charge in [-0.05, 0) is 80.3 Å². The number of hydrogen-bond donors (Lipinski definition) is 0. The van der Waals surface area contributed by atoms with Crippen LogP contribution in [0.1, 0.15) is 45.0 Å². The summed E-state index contributed by atoms with van der Waals surface area (Å²) >= 11 is 1.59. The third-order valence-corrected chi connectivity index (χ3v) is 7.58. The first kappa shape index (κ1) is 25.0. The van der Waals surface area contributed by atoms with E-state index in [-0.39, 0.29) is 5.91 Å². The molecule has 1 aromatic heterocycles. The highest BCUT2D eigenvalue weighted by Gasteiger charge is 2.30. The number of carbonyl (C=O) groups is 1. The van der Waals surface area contributed by atoms with Gasteiger partial charge >= 0.3 is 0 Å². The number of ether oxygens (including phenoxy) is 3. The normalized spacial score (nSPS) is 13.0. The fraction of sp³-hybridized carbons (Fsp3) is 0.429. The second kappa shape index (κ2) is 10.7. The topological polar surface area (TPSA) is 60.9 Å². The van der Waals surface area contributed by atoms with Crippen molar-refractivity contribution >= 4 is 17.2 Å². The van der Waals surface area contributed by atoms with Gasteiger partial charge in [0.05, 0.1) is 31.2 Å². The number of amides is 1. The SMILES string of the molecule is COc1cc(CCN(CC2CC2)C(=O)c2nc(C)sc2-c2ccc(C)c(C)c2)cc(OC)c1OC. The largest absolute Gasteiger partial charge is 0.493 e. The van der Waals surface area contributed by atoms with Gasteiger partial charge in [-0.2, -0.15) is 0 Å². The number of rotatable bonds is 10. The molecule has 7 heteroatoms. The maximum atomic E-state index is 13.8. The van der Waals surface area contributed by atoms with Gasteiger partial charge in [0.2, 0.25) is 5.75 Å². The van der Waals surface area contributed by atoms with Gasteiger partial charge in [-0.3, -0.25) is 4.79 Å². The number of methoxy groups -OCH3 is 3. The van der Waals surface area contributed by atoms with Crippen molar-refractivity contribution in [1.29, 1.82) is 0 Å². The van der Waals surface area contributed by atoms with Crippen molar-refractivity contribution in [3.05, 3.63) is 57.7 Å². The number of carbonyl (C=O) groups excluding carboxylic acids is 1. The van der Waals surface area contributed by atoms with E-state index in [0.29, 0.717) is 41.8 Å². The summed E-state index contributed by atoms with van der Waals surface area (Å²) in [4.78, 5) is 21.4. The van der Waals surface area contributed by atoms with E-state index in [1.165, 1.54) is 24.0 Å². The predicted molar refractivity (Wildman–Crippen MR) is 140 cm³/mol. The van der Waals surface area contributed by atoms with Crippen molar-refractivity contribution in [3.63, 3.8) is 0 Å². The number of aromatic nitrogens is 1. The first-order chi connectivity index (χ1) is 16.8. The van der Waals surface area contributed by atoms with E-state index in [4.69, 9.17) is 19.2 Å². The third kappa shape index (κ3) is 5.61. The first-order valence-corrected chi connectivity index (χ1v) is 12.8. The van der Waals surface area contributed by atoms with Gasteiger partial charge in [-0.25, -0.2) is 4.98 Å². The molecule has 186 valence electrons.